The Bertz CT molecular complexity index is 153. The average molecular weight is 140 g/mol. The van der Waals surface area contributed by atoms with Crippen LogP contribution in [0.3, 0.4) is 0 Å². The van der Waals surface area contributed by atoms with Gasteiger partial charge in [0.05, 0.1) is 24.9 Å². The molecule has 0 amide bonds. The Kier molecular flexibility index (Phi) is 0.968. The summed E-state index contributed by atoms with van der Waals surface area (Å²) in [5.74, 6) is 0.837. The molecule has 0 aromatic heterocycles. The van der Waals surface area contributed by atoms with Crippen LogP contribution in [0.15, 0.2) is 0 Å². The summed E-state index contributed by atoms with van der Waals surface area (Å²) in [5.41, 5.74) is 0. The van der Waals surface area contributed by atoms with E-state index >= 15 is 0 Å². The lowest BCUT2D eigenvalue weighted by Gasteiger charge is -2.15. The van der Waals surface area contributed by atoms with Crippen molar-refractivity contribution >= 4 is 0 Å². The van der Waals surface area contributed by atoms with Crippen molar-refractivity contribution in [2.45, 2.75) is 37.6 Å². The van der Waals surface area contributed by atoms with E-state index in [-0.39, 0.29) is 0 Å². The summed E-state index contributed by atoms with van der Waals surface area (Å²) in [7, 11) is 0. The molecule has 0 aromatic rings. The van der Waals surface area contributed by atoms with Gasteiger partial charge in [0, 0.05) is 0 Å². The molecule has 2 aliphatic heterocycles. The molecule has 0 unspecified atom stereocenters. The first-order valence-corrected chi connectivity index (χ1v) is 4.20. The van der Waals surface area contributed by atoms with Crippen molar-refractivity contribution in [3.63, 3.8) is 0 Å². The van der Waals surface area contributed by atoms with Crippen LogP contribution in [0.2, 0.25) is 0 Å². The number of hydrogen-bond donors (Lipinski definition) is 0. The number of ether oxygens (including phenoxy) is 2. The molecule has 3 rings (SSSR count). The van der Waals surface area contributed by atoms with Crippen LogP contribution in [0.25, 0.3) is 0 Å². The number of hydrogen-bond acceptors (Lipinski definition) is 2. The van der Waals surface area contributed by atoms with E-state index < -0.39 is 0 Å². The van der Waals surface area contributed by atoms with E-state index in [1.165, 1.54) is 19.3 Å². The van der Waals surface area contributed by atoms with Gasteiger partial charge in [-0.2, -0.15) is 0 Å². The maximum Gasteiger partial charge on any atom is 0.0845 e. The van der Waals surface area contributed by atoms with Crippen LogP contribution in [-0.2, 0) is 9.47 Å². The lowest BCUT2D eigenvalue weighted by molar-refractivity contribution is 0.279. The summed E-state index contributed by atoms with van der Waals surface area (Å²) in [5, 5.41) is 0. The van der Waals surface area contributed by atoms with Gasteiger partial charge in [-0.15, -0.1) is 0 Å². The Hall–Kier alpha value is -0.0800. The molecule has 1 saturated carbocycles. The summed E-state index contributed by atoms with van der Waals surface area (Å²) in [6, 6.07) is 0. The van der Waals surface area contributed by atoms with Crippen molar-refractivity contribution in [3.05, 3.63) is 0 Å². The highest BCUT2D eigenvalue weighted by Gasteiger charge is 2.48. The molecule has 0 spiro atoms. The first-order valence-electron chi connectivity index (χ1n) is 4.20. The van der Waals surface area contributed by atoms with Gasteiger partial charge >= 0.3 is 0 Å². The molecular weight excluding hydrogens is 128 g/mol. The van der Waals surface area contributed by atoms with Gasteiger partial charge in [-0.1, -0.05) is 0 Å². The Morgan fingerprint density at radius 2 is 1.90 bits per heavy atom. The van der Waals surface area contributed by atoms with Crippen LogP contribution in [-0.4, -0.2) is 24.9 Å². The van der Waals surface area contributed by atoms with E-state index in [1.54, 1.807) is 0 Å². The lowest BCUT2D eigenvalue weighted by atomic mass is 9.87. The van der Waals surface area contributed by atoms with Crippen molar-refractivity contribution in [1.82, 2.24) is 0 Å². The summed E-state index contributed by atoms with van der Waals surface area (Å²) in [4.78, 5) is 0. The highest BCUT2D eigenvalue weighted by atomic mass is 16.6. The molecule has 56 valence electrons. The minimum absolute atomic E-state index is 0.616. The Morgan fingerprint density at radius 1 is 1.00 bits per heavy atom. The molecule has 1 aliphatic carbocycles. The van der Waals surface area contributed by atoms with Crippen molar-refractivity contribution in [2.75, 3.05) is 6.61 Å². The first kappa shape index (κ1) is 5.56. The van der Waals surface area contributed by atoms with E-state index in [1.807, 2.05) is 0 Å². The molecule has 3 aliphatic rings. The molecule has 0 radical (unpaired) electrons. The van der Waals surface area contributed by atoms with Gasteiger partial charge in [0.15, 0.2) is 0 Å². The van der Waals surface area contributed by atoms with Crippen LogP contribution in [0.1, 0.15) is 19.3 Å². The van der Waals surface area contributed by atoms with Crippen molar-refractivity contribution in [2.24, 2.45) is 5.92 Å². The molecule has 10 heavy (non-hydrogen) atoms. The summed E-state index contributed by atoms with van der Waals surface area (Å²) in [6.07, 6.45) is 5.79. The third-order valence-corrected chi connectivity index (χ3v) is 2.93. The zero-order valence-corrected chi connectivity index (χ0v) is 5.95. The second kappa shape index (κ2) is 1.74. The van der Waals surface area contributed by atoms with Crippen LogP contribution < -0.4 is 0 Å². The zero-order valence-electron chi connectivity index (χ0n) is 5.95. The minimum atomic E-state index is 0.616. The number of rotatable bonds is 1. The van der Waals surface area contributed by atoms with Gasteiger partial charge in [-0.3, -0.25) is 0 Å². The third kappa shape index (κ3) is 0.789. The maximum absolute atomic E-state index is 5.43. The lowest BCUT2D eigenvalue weighted by Crippen LogP contribution is -2.17. The van der Waals surface area contributed by atoms with Crippen molar-refractivity contribution in [1.29, 1.82) is 0 Å². The monoisotopic (exact) mass is 140 g/mol. The molecule has 4 atom stereocenters. The summed E-state index contributed by atoms with van der Waals surface area (Å²) >= 11 is 0. The second-order valence-electron chi connectivity index (χ2n) is 3.66. The fourth-order valence-corrected chi connectivity index (χ4v) is 2.10. The minimum Gasteiger partial charge on any atom is -0.373 e. The van der Waals surface area contributed by atoms with Crippen LogP contribution in [0, 0.1) is 5.92 Å². The molecule has 2 saturated heterocycles. The second-order valence-corrected chi connectivity index (χ2v) is 3.66. The fourth-order valence-electron chi connectivity index (χ4n) is 2.10. The molecule has 0 bridgehead atoms. The molecule has 3 fully saturated rings. The molecule has 2 heterocycles. The molecular formula is C8H12O2. The average Bonchev–Trinajstić information content (AvgIpc) is 2.83. The van der Waals surface area contributed by atoms with Crippen LogP contribution >= 0.6 is 0 Å². The molecule has 2 heteroatoms. The number of epoxide rings is 2. The predicted octanol–water partition coefficient (Wildman–Crippen LogP) is 0.953. The van der Waals surface area contributed by atoms with E-state index in [2.05, 4.69) is 0 Å². The fraction of sp³-hybridized carbons (Fsp3) is 1.00. The highest BCUT2D eigenvalue weighted by molar-refractivity contribution is 4.96. The van der Waals surface area contributed by atoms with E-state index in [4.69, 9.17) is 9.47 Å². The predicted molar refractivity (Wildman–Crippen MR) is 35.7 cm³/mol. The van der Waals surface area contributed by atoms with Gasteiger partial charge < -0.3 is 9.47 Å². The zero-order chi connectivity index (χ0) is 6.55. The topological polar surface area (TPSA) is 25.1 Å². The quantitative estimate of drug-likeness (QED) is 0.507. The van der Waals surface area contributed by atoms with Crippen LogP contribution in [0.5, 0.6) is 0 Å². The maximum atomic E-state index is 5.43. The standard InChI is InChI=1S/C8H12O2/c1-2-6-7(10-6)3-5(1)8-4-9-8/h5-8H,1-4H2/t5-,6-,7-,8+/m1/s1. The smallest absolute Gasteiger partial charge is 0.0845 e. The molecule has 2 nitrogen and oxygen atoms in total. The van der Waals surface area contributed by atoms with E-state index in [0.29, 0.717) is 18.3 Å². The highest BCUT2D eigenvalue weighted by Crippen LogP contribution is 2.43. The van der Waals surface area contributed by atoms with E-state index in [9.17, 15) is 0 Å². The van der Waals surface area contributed by atoms with Crippen molar-refractivity contribution < 1.29 is 9.47 Å². The van der Waals surface area contributed by atoms with Crippen LogP contribution in [0.4, 0.5) is 0 Å². The van der Waals surface area contributed by atoms with E-state index in [0.717, 1.165) is 12.5 Å². The summed E-state index contributed by atoms with van der Waals surface area (Å²) in [6.45, 7) is 1.02. The third-order valence-electron chi connectivity index (χ3n) is 2.93. The summed E-state index contributed by atoms with van der Waals surface area (Å²) < 4.78 is 10.7. The Balaban J connectivity index is 1.65. The Labute approximate surface area is 60.5 Å². The van der Waals surface area contributed by atoms with Crippen molar-refractivity contribution in [3.8, 4) is 0 Å². The molecule has 0 N–H and O–H groups in total. The van der Waals surface area contributed by atoms with Gasteiger partial charge in [-0.05, 0) is 25.2 Å². The van der Waals surface area contributed by atoms with Gasteiger partial charge in [0.25, 0.3) is 0 Å². The normalized spacial score (nSPS) is 57.6. The Morgan fingerprint density at radius 3 is 2.60 bits per heavy atom. The SMILES string of the molecule is C1C[C@H]2O[C@@H]2C[C@@H]1[C@@H]1CO1. The largest absolute Gasteiger partial charge is 0.373 e. The van der Waals surface area contributed by atoms with Gasteiger partial charge in [0.1, 0.15) is 0 Å². The van der Waals surface area contributed by atoms with Gasteiger partial charge in [-0.25, -0.2) is 0 Å². The van der Waals surface area contributed by atoms with Gasteiger partial charge in [0.2, 0.25) is 0 Å². The number of fused-ring (bicyclic) bond motifs is 1. The first-order chi connectivity index (χ1) is 4.93. The molecule has 0 aromatic carbocycles.